The number of rotatable bonds is 7. The minimum absolute atomic E-state index is 0.0166. The van der Waals surface area contributed by atoms with Gasteiger partial charge in [-0.05, 0) is 48.2 Å². The molecule has 0 spiro atoms. The summed E-state index contributed by atoms with van der Waals surface area (Å²) < 4.78 is 31.8. The molecule has 1 saturated carbocycles. The third-order valence-corrected chi connectivity index (χ3v) is 9.58. The first-order chi connectivity index (χ1) is 16.4. The molecule has 2 aliphatic heterocycles. The highest BCUT2D eigenvalue weighted by Crippen LogP contribution is 2.34. The summed E-state index contributed by atoms with van der Waals surface area (Å²) in [7, 11) is -3.98. The molecule has 0 unspecified atom stereocenters. The van der Waals surface area contributed by atoms with Crippen LogP contribution in [0.25, 0.3) is 11.4 Å². The molecule has 1 aromatic carbocycles. The molecule has 3 heterocycles. The molecule has 0 radical (unpaired) electrons. The van der Waals surface area contributed by atoms with Crippen molar-refractivity contribution in [2.24, 2.45) is 5.92 Å². The van der Waals surface area contributed by atoms with E-state index in [4.69, 9.17) is 4.74 Å². The van der Waals surface area contributed by atoms with Crippen molar-refractivity contribution in [3.8, 4) is 11.4 Å². The van der Waals surface area contributed by atoms with Crippen LogP contribution in [0.4, 0.5) is 5.69 Å². The smallest absolute Gasteiger partial charge is 0.266 e. The Labute approximate surface area is 197 Å². The fraction of sp³-hybridized carbons (Fsp3) is 0.619. The molecule has 2 aromatic rings. The molecule has 3 aliphatic rings. The standard InChI is InChI=1S/C21H29N7O5S/c29-20(24-30)21(7-13-33-14-8-21)34(31,32)27-11-9-26(10-12-27)18-5-3-17(4-6-18)19-22-25-28(23-19)15-16-1-2-16/h3-6,16,30H,1-2,7-15H2,(H,24,29). The molecule has 0 bridgehead atoms. The maximum atomic E-state index is 13.4. The summed E-state index contributed by atoms with van der Waals surface area (Å²) >= 11 is 0. The van der Waals surface area contributed by atoms with Gasteiger partial charge in [0, 0.05) is 63.5 Å². The second kappa shape index (κ2) is 9.21. The van der Waals surface area contributed by atoms with Gasteiger partial charge in [-0.2, -0.15) is 9.10 Å². The molecular formula is C21H29N7O5S. The van der Waals surface area contributed by atoms with E-state index in [2.05, 4.69) is 20.3 Å². The van der Waals surface area contributed by atoms with E-state index in [-0.39, 0.29) is 39.1 Å². The number of benzene rings is 1. The first-order valence-corrected chi connectivity index (χ1v) is 13.0. The van der Waals surface area contributed by atoms with Crippen molar-refractivity contribution in [1.29, 1.82) is 0 Å². The van der Waals surface area contributed by atoms with Crippen molar-refractivity contribution in [3.05, 3.63) is 24.3 Å². The molecular weight excluding hydrogens is 462 g/mol. The zero-order valence-corrected chi connectivity index (χ0v) is 19.7. The van der Waals surface area contributed by atoms with E-state index in [9.17, 15) is 18.4 Å². The largest absolute Gasteiger partial charge is 0.381 e. The third-order valence-electron chi connectivity index (χ3n) is 6.95. The minimum atomic E-state index is -3.98. The van der Waals surface area contributed by atoms with Crippen LogP contribution in [0.1, 0.15) is 25.7 Å². The van der Waals surface area contributed by atoms with Crippen LogP contribution in [-0.2, 0) is 26.1 Å². The molecule has 12 nitrogen and oxygen atoms in total. The number of piperazine rings is 1. The molecule has 1 aromatic heterocycles. The van der Waals surface area contributed by atoms with E-state index in [1.807, 2.05) is 24.3 Å². The van der Waals surface area contributed by atoms with Crippen LogP contribution in [0.15, 0.2) is 24.3 Å². The van der Waals surface area contributed by atoms with Crippen LogP contribution in [0, 0.1) is 5.92 Å². The lowest BCUT2D eigenvalue weighted by Crippen LogP contribution is -2.62. The third kappa shape index (κ3) is 4.28. The lowest BCUT2D eigenvalue weighted by Gasteiger charge is -2.42. The Bertz CT molecular complexity index is 1120. The van der Waals surface area contributed by atoms with Gasteiger partial charge in [0.15, 0.2) is 4.75 Å². The number of hydrogen-bond donors (Lipinski definition) is 2. The Morgan fingerprint density at radius 3 is 2.41 bits per heavy atom. The summed E-state index contributed by atoms with van der Waals surface area (Å²) in [5.74, 6) is 0.370. The van der Waals surface area contributed by atoms with Gasteiger partial charge in [-0.15, -0.1) is 10.2 Å². The number of tetrazole rings is 1. The SMILES string of the molecule is O=C(NO)C1(S(=O)(=O)N2CCN(c3ccc(-c4nnn(CC5CC5)n4)cc3)CC2)CCOCC1. The summed E-state index contributed by atoms with van der Waals surface area (Å²) in [5.41, 5.74) is 3.41. The summed E-state index contributed by atoms with van der Waals surface area (Å²) in [6.07, 6.45) is 2.49. The minimum Gasteiger partial charge on any atom is -0.381 e. The number of hydrogen-bond acceptors (Lipinski definition) is 9. The van der Waals surface area contributed by atoms with Crippen molar-refractivity contribution in [2.45, 2.75) is 37.0 Å². The van der Waals surface area contributed by atoms with E-state index < -0.39 is 20.7 Å². The van der Waals surface area contributed by atoms with Gasteiger partial charge in [0.1, 0.15) is 0 Å². The van der Waals surface area contributed by atoms with Gasteiger partial charge in [-0.1, -0.05) is 0 Å². The average Bonchev–Trinajstić information content (AvgIpc) is 3.58. The molecule has 0 atom stereocenters. The number of amides is 1. The van der Waals surface area contributed by atoms with E-state index in [0.29, 0.717) is 24.8 Å². The molecule has 13 heteroatoms. The lowest BCUT2D eigenvalue weighted by atomic mass is 9.98. The first kappa shape index (κ1) is 23.1. The predicted octanol–water partition coefficient (Wildman–Crippen LogP) is 0.257. The molecule has 5 rings (SSSR count). The van der Waals surface area contributed by atoms with E-state index >= 15 is 0 Å². The number of carbonyl (C=O) groups is 1. The molecule has 2 saturated heterocycles. The van der Waals surface area contributed by atoms with Crippen molar-refractivity contribution in [3.63, 3.8) is 0 Å². The summed E-state index contributed by atoms with van der Waals surface area (Å²) in [5, 5.41) is 21.9. The fourth-order valence-electron chi connectivity index (χ4n) is 4.63. The Balaban J connectivity index is 1.24. The molecule has 3 fully saturated rings. The van der Waals surface area contributed by atoms with Crippen LogP contribution in [0.2, 0.25) is 0 Å². The molecule has 2 N–H and O–H groups in total. The molecule has 184 valence electrons. The Hall–Kier alpha value is -2.61. The van der Waals surface area contributed by atoms with Crippen molar-refractivity contribution >= 4 is 21.6 Å². The van der Waals surface area contributed by atoms with Crippen LogP contribution >= 0.6 is 0 Å². The maximum Gasteiger partial charge on any atom is 0.266 e. The Morgan fingerprint density at radius 1 is 1.12 bits per heavy atom. The van der Waals surface area contributed by atoms with Gasteiger partial charge in [0.2, 0.25) is 15.8 Å². The number of aromatic nitrogens is 4. The van der Waals surface area contributed by atoms with Gasteiger partial charge in [0.05, 0.1) is 6.54 Å². The molecule has 34 heavy (non-hydrogen) atoms. The zero-order chi connectivity index (χ0) is 23.8. The number of nitrogens with zero attached hydrogens (tertiary/aromatic N) is 6. The molecule has 1 amide bonds. The van der Waals surface area contributed by atoms with E-state index in [1.54, 1.807) is 10.3 Å². The highest BCUT2D eigenvalue weighted by atomic mass is 32.2. The van der Waals surface area contributed by atoms with Gasteiger partial charge >= 0.3 is 0 Å². The second-order valence-corrected chi connectivity index (χ2v) is 11.3. The highest BCUT2D eigenvalue weighted by molar-refractivity contribution is 7.91. The summed E-state index contributed by atoms with van der Waals surface area (Å²) in [4.78, 5) is 16.2. The van der Waals surface area contributed by atoms with Crippen molar-refractivity contribution in [2.75, 3.05) is 44.3 Å². The Morgan fingerprint density at radius 2 is 1.79 bits per heavy atom. The maximum absolute atomic E-state index is 13.4. The quantitative estimate of drug-likeness (QED) is 0.412. The highest BCUT2D eigenvalue weighted by Gasteiger charge is 2.54. The predicted molar refractivity (Wildman–Crippen MR) is 121 cm³/mol. The number of anilines is 1. The Kier molecular flexibility index (Phi) is 6.27. The van der Waals surface area contributed by atoms with Crippen molar-refractivity contribution in [1.82, 2.24) is 30.0 Å². The summed E-state index contributed by atoms with van der Waals surface area (Å²) in [6, 6.07) is 7.83. The average molecular weight is 492 g/mol. The van der Waals surface area contributed by atoms with Crippen LogP contribution < -0.4 is 10.4 Å². The second-order valence-electron chi connectivity index (χ2n) is 9.10. The van der Waals surface area contributed by atoms with E-state index in [1.165, 1.54) is 17.1 Å². The number of sulfonamides is 1. The van der Waals surface area contributed by atoms with E-state index in [0.717, 1.165) is 17.8 Å². The normalized spacial score (nSPS) is 21.4. The number of nitrogens with one attached hydrogen (secondary N) is 1. The number of ether oxygens (including phenoxy) is 1. The van der Waals surface area contributed by atoms with Gasteiger partial charge in [-0.25, -0.2) is 13.9 Å². The van der Waals surface area contributed by atoms with Gasteiger partial charge in [-0.3, -0.25) is 10.0 Å². The zero-order valence-electron chi connectivity index (χ0n) is 18.8. The van der Waals surface area contributed by atoms with Crippen LogP contribution in [0.3, 0.4) is 0 Å². The first-order valence-electron chi connectivity index (χ1n) is 11.6. The van der Waals surface area contributed by atoms with Gasteiger partial charge in [0.25, 0.3) is 5.91 Å². The number of carbonyl (C=O) groups excluding carboxylic acids is 1. The topological polar surface area (TPSA) is 143 Å². The van der Waals surface area contributed by atoms with Crippen LogP contribution in [-0.4, -0.2) is 88.2 Å². The number of hydroxylamine groups is 1. The van der Waals surface area contributed by atoms with Gasteiger partial charge < -0.3 is 9.64 Å². The monoisotopic (exact) mass is 491 g/mol. The van der Waals surface area contributed by atoms with Crippen LogP contribution in [0.5, 0.6) is 0 Å². The molecule has 1 aliphatic carbocycles. The fourth-order valence-corrected chi connectivity index (χ4v) is 6.73. The lowest BCUT2D eigenvalue weighted by molar-refractivity contribution is -0.134. The summed E-state index contributed by atoms with van der Waals surface area (Å²) in [6.45, 7) is 2.60. The van der Waals surface area contributed by atoms with Crippen molar-refractivity contribution < 1.29 is 23.2 Å².